The van der Waals surface area contributed by atoms with Gasteiger partial charge in [0.05, 0.1) is 82.3 Å². The normalized spacial score (nSPS) is 12.7. The first-order valence-electron chi connectivity index (χ1n) is 49.7. The van der Waals surface area contributed by atoms with E-state index < -0.39 is 118 Å². The molecule has 0 aliphatic carbocycles. The fourth-order valence-corrected chi connectivity index (χ4v) is 15.5. The Labute approximate surface area is 875 Å². The minimum Gasteiger partial charge on any atom is -0.497 e. The second-order valence-electron chi connectivity index (χ2n) is 39.7. The Morgan fingerprint density at radius 1 is 0.367 bits per heavy atom. The standard InChI is InChI=1S/C41H54F2N4O7.C37H45F2N3O7.C36H46F2N4O5/c1-10-14-46(8)39(50)32-20-30(27(4)45-53-25-26(2)3)19-31(21-32)38(49)44-36(18-29-15-33(42)22-34(43)16-29)37(48)24-47(40(51)54-41(5,6)7)23-28-12-11-13-35(17-28)52-9;1-8-12-41(6)35(46)28-18-26(23(2)43)17-27(19-28)34(45)40-32(16-25-13-29(38)20-30(39)14-25)33(44)22-42(36(47)49-37(3,4)5)21-24-10-9-11-31(15-24)48-7;1-7-11-42(5)36(45)29-17-27(24(4)41-47-22-23(2)3)16-28(18-29)35(44)40-33(15-26-12-30(37)19-31(38)13-26)34(43)21-39-20-25-9-8-10-32(14-25)46-6/h11-13,15-17,19-22,26,36-37,48H,10,14,18,23-25H2,1-9H3,(H,44,49);9-11,13-15,17-20,32-33,44H,8,12,16,21-22H2,1-7H3,(H,40,45);8-10,12-14,16-19,23,33-34,39,43H,7,11,15,20-22H2,1-6H3,(H,40,44)/b45-27+;;41-24+/t36-,37+;32-,33+;33-,34+/m000/s1. The zero-order valence-corrected chi connectivity index (χ0v) is 89.7. The Bertz CT molecular complexity index is 6050. The number of oxime groups is 2. The number of ketones is 1. The van der Waals surface area contributed by atoms with Crippen LogP contribution in [-0.4, -0.2) is 247 Å². The van der Waals surface area contributed by atoms with Crippen molar-refractivity contribution in [2.24, 2.45) is 22.1 Å². The second-order valence-corrected chi connectivity index (χ2v) is 39.7. The Morgan fingerprint density at radius 3 is 0.940 bits per heavy atom. The van der Waals surface area contributed by atoms with Gasteiger partial charge >= 0.3 is 12.2 Å². The highest BCUT2D eigenvalue weighted by Crippen LogP contribution is 2.28. The second kappa shape index (κ2) is 59.2. The zero-order valence-electron chi connectivity index (χ0n) is 89.7. The number of benzene rings is 9. The van der Waals surface area contributed by atoms with E-state index in [2.05, 4.69) is 31.6 Å². The fraction of sp³-hybridized carbons (Fsp3) is 0.430. The largest absolute Gasteiger partial charge is 0.497 e. The highest BCUT2D eigenvalue weighted by atomic mass is 19.2. The molecule has 9 aromatic rings. The summed E-state index contributed by atoms with van der Waals surface area (Å²) in [5.41, 5.74) is 3.88. The van der Waals surface area contributed by atoms with Gasteiger partial charge in [-0.25, -0.2) is 35.9 Å². The van der Waals surface area contributed by atoms with E-state index in [0.717, 1.165) is 66.9 Å². The average molecular weight is 2090 g/mol. The topological polar surface area (TPSA) is 368 Å². The number of methoxy groups -OCH3 is 3. The molecule has 7 N–H and O–H groups in total. The van der Waals surface area contributed by atoms with Crippen LogP contribution < -0.4 is 35.5 Å². The van der Waals surface area contributed by atoms with Crippen LogP contribution in [0.3, 0.4) is 0 Å². The van der Waals surface area contributed by atoms with Gasteiger partial charge in [0.1, 0.15) is 76.6 Å². The van der Waals surface area contributed by atoms with Crippen molar-refractivity contribution in [3.63, 3.8) is 0 Å². The number of ether oxygens (including phenoxy) is 5. The maximum Gasteiger partial charge on any atom is 0.410 e. The third-order valence-electron chi connectivity index (χ3n) is 22.9. The van der Waals surface area contributed by atoms with Crippen LogP contribution in [0.25, 0.3) is 0 Å². The van der Waals surface area contributed by atoms with Crippen molar-refractivity contribution in [2.75, 3.05) is 95.0 Å². The third-order valence-corrected chi connectivity index (χ3v) is 22.9. The van der Waals surface area contributed by atoms with E-state index >= 15 is 0 Å². The van der Waals surface area contributed by atoms with E-state index in [1.54, 1.807) is 166 Å². The molecule has 9 rings (SSSR count). The number of aliphatic hydroxyl groups is 3. The van der Waals surface area contributed by atoms with Gasteiger partial charge in [-0.3, -0.25) is 33.6 Å². The lowest BCUT2D eigenvalue weighted by Gasteiger charge is -2.32. The number of Topliss-reactive ketones (excluding diaryl/α,β-unsaturated/α-hetero) is 1. The van der Waals surface area contributed by atoms with Crippen LogP contribution in [0, 0.1) is 46.7 Å². The van der Waals surface area contributed by atoms with Gasteiger partial charge in [-0.1, -0.05) is 95.2 Å². The molecular formula is C114H145F6N11O19. The summed E-state index contributed by atoms with van der Waals surface area (Å²) in [5.74, 6) is -6.01. The molecule has 150 heavy (non-hydrogen) atoms. The molecule has 36 heteroatoms. The lowest BCUT2D eigenvalue weighted by Crippen LogP contribution is -2.51. The SMILES string of the molecule is CCCN(C)C(=O)c1cc(C(=O)N[C@@H](Cc2cc(F)cc(F)c2)[C@H](O)CN(Cc2cccc(OC)c2)C(=O)OC(C)(C)C)cc(/C(C)=N/OCC(C)C)c1.CCCN(C)C(=O)c1cc(C(=O)N[C@@H](Cc2cc(F)cc(F)c2)[C@H](O)CNCc2cccc(OC)c2)cc(/C(C)=N/OCC(C)C)c1.CCCN(C)C(=O)c1cc(C(C)=O)cc(C(=O)N[C@@H](Cc2cc(F)cc(F)c2)[C@H](O)CN(Cc2cccc(OC)c2)C(=O)OC(C)(C)C)c1. The van der Waals surface area contributed by atoms with Crippen molar-refractivity contribution in [2.45, 2.75) is 217 Å². The fourth-order valence-electron chi connectivity index (χ4n) is 15.5. The van der Waals surface area contributed by atoms with Crippen molar-refractivity contribution in [3.8, 4) is 17.2 Å². The van der Waals surface area contributed by atoms with Crippen molar-refractivity contribution >= 4 is 64.8 Å². The molecule has 0 saturated carbocycles. The molecule has 0 saturated heterocycles. The number of rotatable bonds is 48. The van der Waals surface area contributed by atoms with Crippen LogP contribution in [0.4, 0.5) is 35.9 Å². The van der Waals surface area contributed by atoms with Crippen LogP contribution >= 0.6 is 0 Å². The maximum atomic E-state index is 14.4. The Morgan fingerprint density at radius 2 is 0.647 bits per heavy atom. The molecular weight excluding hydrogens is 1940 g/mol. The molecule has 0 bridgehead atoms. The first kappa shape index (κ1) is 123. The first-order chi connectivity index (χ1) is 70.8. The smallest absolute Gasteiger partial charge is 0.410 e. The van der Waals surface area contributed by atoms with E-state index in [1.807, 2.05) is 72.7 Å². The molecule has 0 unspecified atom stereocenters. The summed E-state index contributed by atoms with van der Waals surface area (Å²) in [7, 11) is 9.56. The lowest BCUT2D eigenvalue weighted by molar-refractivity contribution is 0.00768. The number of halogens is 6. The zero-order chi connectivity index (χ0) is 111. The predicted octanol–water partition coefficient (Wildman–Crippen LogP) is 18.1. The van der Waals surface area contributed by atoms with Crippen LogP contribution in [0.2, 0.25) is 0 Å². The van der Waals surface area contributed by atoms with Gasteiger partial charge in [-0.15, -0.1) is 0 Å². The number of carbonyl (C=O) groups is 9. The molecule has 0 aliphatic rings. The first-order valence-corrected chi connectivity index (χ1v) is 49.7. The number of hydrogen-bond acceptors (Lipinski definition) is 22. The lowest BCUT2D eigenvalue weighted by atomic mass is 9.98. The number of nitrogens with zero attached hydrogens (tertiary/aromatic N) is 7. The molecule has 9 aromatic carbocycles. The minimum atomic E-state index is -1.49. The van der Waals surface area contributed by atoms with Gasteiger partial charge in [0.25, 0.3) is 35.4 Å². The summed E-state index contributed by atoms with van der Waals surface area (Å²) in [6.07, 6.45) is -3.91. The van der Waals surface area contributed by atoms with Gasteiger partial charge in [0.2, 0.25) is 0 Å². The molecule has 0 fully saturated rings. The summed E-state index contributed by atoms with van der Waals surface area (Å²) in [6.45, 7) is 30.7. The van der Waals surface area contributed by atoms with E-state index in [4.69, 9.17) is 33.4 Å². The van der Waals surface area contributed by atoms with Crippen molar-refractivity contribution < 1.29 is 118 Å². The molecule has 0 radical (unpaired) electrons. The number of aliphatic hydroxyl groups excluding tert-OH is 3. The Kier molecular flexibility index (Phi) is 48.5. The summed E-state index contributed by atoms with van der Waals surface area (Å²) >= 11 is 0. The molecule has 30 nitrogen and oxygen atoms in total. The van der Waals surface area contributed by atoms with E-state index in [0.29, 0.717) is 103 Å². The summed E-state index contributed by atoms with van der Waals surface area (Å²) in [5, 5.41) is 54.6. The van der Waals surface area contributed by atoms with E-state index in [1.165, 1.54) is 66.2 Å². The number of carbonyl (C=O) groups excluding carboxylic acids is 9. The minimum absolute atomic E-state index is 0.00413. The van der Waals surface area contributed by atoms with Gasteiger partial charge in [-0.2, -0.15) is 0 Å². The van der Waals surface area contributed by atoms with Crippen LogP contribution in [0.15, 0.2) is 192 Å². The molecule has 812 valence electrons. The Hall–Kier alpha value is -14.2. The van der Waals surface area contributed by atoms with Gasteiger partial charge in [0, 0.05) is 135 Å². The van der Waals surface area contributed by atoms with E-state index in [9.17, 15) is 84.8 Å². The van der Waals surface area contributed by atoms with Gasteiger partial charge in [-0.05, 0) is 273 Å². The predicted molar refractivity (Wildman–Crippen MR) is 563 cm³/mol. The quantitative estimate of drug-likeness (QED) is 0.00806. The molecule has 0 aromatic heterocycles. The van der Waals surface area contributed by atoms with Crippen LogP contribution in [0.1, 0.15) is 247 Å². The molecule has 6 atom stereocenters. The number of nitrogens with one attached hydrogen (secondary N) is 4. The number of hydrogen-bond donors (Lipinski definition) is 7. The van der Waals surface area contributed by atoms with Crippen LogP contribution in [0.5, 0.6) is 17.2 Å². The maximum absolute atomic E-state index is 14.4. The van der Waals surface area contributed by atoms with Gasteiger partial charge in [0.15, 0.2) is 5.78 Å². The molecule has 0 aliphatic heterocycles. The molecule has 8 amide bonds. The summed E-state index contributed by atoms with van der Waals surface area (Å²) < 4.78 is 112. The van der Waals surface area contributed by atoms with Crippen LogP contribution in [-0.2, 0) is 58.0 Å². The van der Waals surface area contributed by atoms with Crippen molar-refractivity contribution in [1.29, 1.82) is 0 Å². The highest BCUT2D eigenvalue weighted by Gasteiger charge is 2.35. The average Bonchev–Trinajstić information content (AvgIpc) is 0.816. The summed E-state index contributed by atoms with van der Waals surface area (Å²) in [4.78, 5) is 139. The molecule has 0 spiro atoms. The highest BCUT2D eigenvalue weighted by molar-refractivity contribution is 6.08. The van der Waals surface area contributed by atoms with E-state index in [-0.39, 0.29) is 137 Å². The van der Waals surface area contributed by atoms with Crippen molar-refractivity contribution in [1.82, 2.24) is 45.8 Å². The van der Waals surface area contributed by atoms with Crippen molar-refractivity contribution in [3.05, 3.63) is 300 Å². The number of amides is 8. The molecule has 0 heterocycles. The van der Waals surface area contributed by atoms with Gasteiger partial charge < -0.3 is 94.4 Å². The third kappa shape index (κ3) is 41.4. The Balaban J connectivity index is 0.000000305. The monoisotopic (exact) mass is 2090 g/mol. The summed E-state index contributed by atoms with van der Waals surface area (Å²) in [6, 6.07) is 40.4.